The predicted molar refractivity (Wildman–Crippen MR) is 79.7 cm³/mol. The van der Waals surface area contributed by atoms with Crippen molar-refractivity contribution >= 4 is 15.8 Å². The smallest absolute Gasteiger partial charge is 0.225 e. The Morgan fingerprint density at radius 1 is 1.05 bits per heavy atom. The van der Waals surface area contributed by atoms with Crippen LogP contribution >= 0.6 is 0 Å². The largest absolute Gasteiger partial charge is 0.351 e. The van der Waals surface area contributed by atoms with E-state index in [2.05, 4.69) is 25.2 Å². The SMILES string of the molecule is O=S1(=O)CCC(N2CCC(Nc3ncncn3)CC2)CC1. The van der Waals surface area contributed by atoms with E-state index >= 15 is 0 Å². The highest BCUT2D eigenvalue weighted by atomic mass is 32.2. The number of likely N-dealkylation sites (tertiary alicyclic amines) is 1. The first-order valence-electron chi connectivity index (χ1n) is 7.45. The second kappa shape index (κ2) is 6.23. The molecule has 2 aliphatic heterocycles. The van der Waals surface area contributed by atoms with E-state index in [1.165, 1.54) is 12.7 Å². The average molecular weight is 311 g/mol. The zero-order valence-electron chi connectivity index (χ0n) is 12.0. The van der Waals surface area contributed by atoms with Crippen LogP contribution < -0.4 is 5.32 Å². The van der Waals surface area contributed by atoms with Gasteiger partial charge in [0.05, 0.1) is 11.5 Å². The van der Waals surface area contributed by atoms with Crippen molar-refractivity contribution in [1.29, 1.82) is 0 Å². The molecular weight excluding hydrogens is 290 g/mol. The summed E-state index contributed by atoms with van der Waals surface area (Å²) in [5, 5.41) is 3.33. The lowest BCUT2D eigenvalue weighted by Gasteiger charge is -2.39. The summed E-state index contributed by atoms with van der Waals surface area (Å²) in [5.41, 5.74) is 0. The van der Waals surface area contributed by atoms with Crippen LogP contribution in [0.4, 0.5) is 5.95 Å². The van der Waals surface area contributed by atoms with Gasteiger partial charge >= 0.3 is 0 Å². The van der Waals surface area contributed by atoms with Crippen molar-refractivity contribution in [3.8, 4) is 0 Å². The average Bonchev–Trinajstić information content (AvgIpc) is 2.49. The Morgan fingerprint density at radius 3 is 2.29 bits per heavy atom. The van der Waals surface area contributed by atoms with Gasteiger partial charge in [-0.15, -0.1) is 0 Å². The number of nitrogens with zero attached hydrogens (tertiary/aromatic N) is 4. The van der Waals surface area contributed by atoms with Crippen molar-refractivity contribution in [2.45, 2.75) is 37.8 Å². The molecular formula is C13H21N5O2S. The van der Waals surface area contributed by atoms with Crippen LogP contribution in [0.1, 0.15) is 25.7 Å². The molecule has 0 amide bonds. The Labute approximate surface area is 125 Å². The zero-order valence-corrected chi connectivity index (χ0v) is 12.8. The zero-order chi connectivity index (χ0) is 14.7. The Kier molecular flexibility index (Phi) is 4.34. The lowest BCUT2D eigenvalue weighted by Crippen LogP contribution is -2.47. The fourth-order valence-corrected chi connectivity index (χ4v) is 4.61. The molecule has 0 unspecified atom stereocenters. The Hall–Kier alpha value is -1.28. The summed E-state index contributed by atoms with van der Waals surface area (Å²) >= 11 is 0. The van der Waals surface area contributed by atoms with Gasteiger partial charge in [-0.25, -0.2) is 23.4 Å². The molecule has 0 bridgehead atoms. The molecule has 0 saturated carbocycles. The van der Waals surface area contributed by atoms with Crippen LogP contribution in [0.3, 0.4) is 0 Å². The molecule has 8 heteroatoms. The van der Waals surface area contributed by atoms with Crippen LogP contribution in [-0.2, 0) is 9.84 Å². The van der Waals surface area contributed by atoms with Gasteiger partial charge in [-0.2, -0.15) is 0 Å². The molecule has 3 rings (SSSR count). The number of nitrogens with one attached hydrogen (secondary N) is 1. The summed E-state index contributed by atoms with van der Waals surface area (Å²) in [7, 11) is -2.77. The van der Waals surface area contributed by atoms with Gasteiger partial charge in [0, 0.05) is 25.2 Å². The number of aromatic nitrogens is 3. The number of hydrogen-bond acceptors (Lipinski definition) is 7. The molecule has 7 nitrogen and oxygen atoms in total. The van der Waals surface area contributed by atoms with E-state index in [0.29, 0.717) is 29.5 Å². The van der Waals surface area contributed by atoms with E-state index in [9.17, 15) is 8.42 Å². The fraction of sp³-hybridized carbons (Fsp3) is 0.769. The number of piperidine rings is 1. The molecule has 0 radical (unpaired) electrons. The van der Waals surface area contributed by atoms with Crippen molar-refractivity contribution < 1.29 is 8.42 Å². The van der Waals surface area contributed by atoms with Gasteiger partial charge in [0.1, 0.15) is 22.5 Å². The Balaban J connectivity index is 1.47. The van der Waals surface area contributed by atoms with Gasteiger partial charge < -0.3 is 10.2 Å². The maximum absolute atomic E-state index is 11.5. The van der Waals surface area contributed by atoms with E-state index < -0.39 is 9.84 Å². The molecule has 0 aliphatic carbocycles. The van der Waals surface area contributed by atoms with Gasteiger partial charge in [0.2, 0.25) is 5.95 Å². The van der Waals surface area contributed by atoms with Crippen LogP contribution in [0.25, 0.3) is 0 Å². The molecule has 2 aliphatic rings. The molecule has 0 aromatic carbocycles. The predicted octanol–water partition coefficient (Wildman–Crippen LogP) is 0.325. The molecule has 0 spiro atoms. The van der Waals surface area contributed by atoms with Crippen molar-refractivity contribution in [3.05, 3.63) is 12.7 Å². The number of hydrogen-bond donors (Lipinski definition) is 1. The van der Waals surface area contributed by atoms with E-state index in [1.807, 2.05) is 0 Å². The molecule has 2 fully saturated rings. The highest BCUT2D eigenvalue weighted by Gasteiger charge is 2.30. The van der Waals surface area contributed by atoms with E-state index in [4.69, 9.17) is 0 Å². The van der Waals surface area contributed by atoms with Crippen molar-refractivity contribution in [2.75, 3.05) is 29.9 Å². The highest BCUT2D eigenvalue weighted by molar-refractivity contribution is 7.91. The van der Waals surface area contributed by atoms with Gasteiger partial charge in [0.25, 0.3) is 0 Å². The normalized spacial score (nSPS) is 24.8. The third-order valence-corrected chi connectivity index (χ3v) is 6.11. The first-order valence-corrected chi connectivity index (χ1v) is 9.27. The third-order valence-electron chi connectivity index (χ3n) is 4.40. The monoisotopic (exact) mass is 311 g/mol. The summed E-state index contributed by atoms with van der Waals surface area (Å²) < 4.78 is 23.0. The van der Waals surface area contributed by atoms with Gasteiger partial charge in [-0.1, -0.05) is 0 Å². The minimum atomic E-state index is -2.77. The quantitative estimate of drug-likeness (QED) is 0.860. The lowest BCUT2D eigenvalue weighted by atomic mass is 10.0. The molecule has 1 N–H and O–H groups in total. The maximum atomic E-state index is 11.5. The summed E-state index contributed by atoms with van der Waals surface area (Å²) in [4.78, 5) is 14.4. The van der Waals surface area contributed by atoms with E-state index in [1.54, 1.807) is 0 Å². The van der Waals surface area contributed by atoms with E-state index in [-0.39, 0.29) is 0 Å². The van der Waals surface area contributed by atoms with Crippen LogP contribution in [0.15, 0.2) is 12.7 Å². The number of sulfone groups is 1. The van der Waals surface area contributed by atoms with Crippen LogP contribution in [0, 0.1) is 0 Å². The minimum Gasteiger partial charge on any atom is -0.351 e. The molecule has 21 heavy (non-hydrogen) atoms. The molecule has 1 aromatic heterocycles. The third kappa shape index (κ3) is 3.88. The van der Waals surface area contributed by atoms with Gasteiger partial charge in [-0.3, -0.25) is 0 Å². The van der Waals surface area contributed by atoms with Crippen molar-refractivity contribution in [1.82, 2.24) is 19.9 Å². The summed E-state index contributed by atoms with van der Waals surface area (Å²) in [6.45, 7) is 2.01. The number of anilines is 1. The van der Waals surface area contributed by atoms with Crippen LogP contribution in [0.5, 0.6) is 0 Å². The van der Waals surface area contributed by atoms with Gasteiger partial charge in [0.15, 0.2) is 0 Å². The molecule has 3 heterocycles. The highest BCUT2D eigenvalue weighted by Crippen LogP contribution is 2.22. The van der Waals surface area contributed by atoms with Gasteiger partial charge in [-0.05, 0) is 25.7 Å². The first kappa shape index (κ1) is 14.6. The Morgan fingerprint density at radius 2 is 1.67 bits per heavy atom. The second-order valence-electron chi connectivity index (χ2n) is 5.80. The van der Waals surface area contributed by atoms with E-state index in [0.717, 1.165) is 38.8 Å². The number of rotatable bonds is 3. The van der Waals surface area contributed by atoms with Crippen molar-refractivity contribution in [2.24, 2.45) is 0 Å². The first-order chi connectivity index (χ1) is 10.1. The lowest BCUT2D eigenvalue weighted by molar-refractivity contribution is 0.147. The van der Waals surface area contributed by atoms with Crippen molar-refractivity contribution in [3.63, 3.8) is 0 Å². The fourth-order valence-electron chi connectivity index (χ4n) is 3.15. The summed E-state index contributed by atoms with van der Waals surface area (Å²) in [6.07, 6.45) is 6.63. The molecule has 116 valence electrons. The second-order valence-corrected chi connectivity index (χ2v) is 8.10. The molecule has 0 atom stereocenters. The summed E-state index contributed by atoms with van der Waals surface area (Å²) in [6, 6.07) is 0.822. The molecule has 2 saturated heterocycles. The summed E-state index contributed by atoms with van der Waals surface area (Å²) in [5.74, 6) is 1.33. The molecule has 1 aromatic rings. The van der Waals surface area contributed by atoms with Crippen LogP contribution in [-0.4, -0.2) is 64.9 Å². The minimum absolute atomic E-state index is 0.348. The standard InChI is InChI=1S/C13H21N5O2S/c19-21(20)7-3-12(4-8-21)18-5-1-11(2-6-18)17-13-15-9-14-10-16-13/h9-12H,1-8H2,(H,14,15,16,17). The maximum Gasteiger partial charge on any atom is 0.225 e. The van der Waals surface area contributed by atoms with Crippen LogP contribution in [0.2, 0.25) is 0 Å². The Bertz CT molecular complexity index is 543. The topological polar surface area (TPSA) is 88.1 Å².